The molecule has 29 heavy (non-hydrogen) atoms. The van der Waals surface area contributed by atoms with Crippen LogP contribution < -0.4 is 9.47 Å². The van der Waals surface area contributed by atoms with Gasteiger partial charge in [-0.05, 0) is 36.8 Å². The summed E-state index contributed by atoms with van der Waals surface area (Å²) in [6.07, 6.45) is 1.59. The zero-order valence-electron chi connectivity index (χ0n) is 15.9. The molecule has 0 bridgehead atoms. The number of nitrogens with zero attached hydrogens (tertiary/aromatic N) is 3. The molecule has 5 nitrogen and oxygen atoms in total. The summed E-state index contributed by atoms with van der Waals surface area (Å²) in [7, 11) is 0. The molecule has 6 heteroatoms. The summed E-state index contributed by atoms with van der Waals surface area (Å²) in [4.78, 5) is 7.67. The van der Waals surface area contributed by atoms with E-state index in [4.69, 9.17) is 21.3 Å². The quantitative estimate of drug-likeness (QED) is 0.507. The van der Waals surface area contributed by atoms with Gasteiger partial charge in [0.25, 0.3) is 0 Å². The summed E-state index contributed by atoms with van der Waals surface area (Å²) in [5.74, 6) is 0.986. The van der Waals surface area contributed by atoms with Crippen LogP contribution in [0.5, 0.6) is 11.5 Å². The monoisotopic (exact) mass is 387 g/mol. The number of aryl methyl sites for hydroxylation is 1. The van der Waals surface area contributed by atoms with Crippen LogP contribution in [0.15, 0.2) is 54.7 Å². The Hall–Kier alpha value is -3.90. The lowest BCUT2D eigenvalue weighted by molar-refractivity contribution is 0.282. The number of ether oxygens (including phenoxy) is 2. The van der Waals surface area contributed by atoms with E-state index in [1.54, 1.807) is 49.5 Å². The smallest absolute Gasteiger partial charge is 0.187 e. The highest BCUT2D eigenvalue weighted by molar-refractivity contribution is 5.46. The fourth-order valence-electron chi connectivity index (χ4n) is 2.75. The molecule has 0 spiro atoms. The Morgan fingerprint density at radius 2 is 1.79 bits per heavy atom. The second-order valence-corrected chi connectivity index (χ2v) is 6.30. The third-order valence-electron chi connectivity index (χ3n) is 4.36. The fraction of sp³-hybridized carbons (Fsp3) is 0.174. The number of nitriles is 1. The van der Waals surface area contributed by atoms with Gasteiger partial charge in [0.15, 0.2) is 5.69 Å². The first-order valence-electron chi connectivity index (χ1n) is 8.90. The lowest BCUT2D eigenvalue weighted by atomic mass is 10.1. The van der Waals surface area contributed by atoms with E-state index in [1.165, 1.54) is 0 Å². The number of hydrogen-bond acceptors (Lipinski definition) is 4. The minimum Gasteiger partial charge on any atom is -0.489 e. The number of aromatic nitrogens is 1. The number of pyridine rings is 1. The second-order valence-electron chi connectivity index (χ2n) is 6.30. The second kappa shape index (κ2) is 9.34. The number of rotatable bonds is 7. The minimum atomic E-state index is -0.707. The van der Waals surface area contributed by atoms with Crippen molar-refractivity contribution >= 4 is 5.69 Å². The van der Waals surface area contributed by atoms with Crippen molar-refractivity contribution in [3.63, 3.8) is 0 Å². The van der Waals surface area contributed by atoms with Gasteiger partial charge >= 0.3 is 0 Å². The Bertz CT molecular complexity index is 1070. The molecule has 0 unspecified atom stereocenters. The Labute approximate surface area is 168 Å². The van der Waals surface area contributed by atoms with Crippen LogP contribution in [0.3, 0.4) is 0 Å². The number of benzene rings is 2. The first-order valence-corrected chi connectivity index (χ1v) is 8.90. The van der Waals surface area contributed by atoms with E-state index in [0.29, 0.717) is 39.6 Å². The zero-order chi connectivity index (χ0) is 20.6. The molecule has 1 heterocycles. The molecule has 1 aromatic heterocycles. The molecule has 0 radical (unpaired) electrons. The minimum absolute atomic E-state index is 0.133. The van der Waals surface area contributed by atoms with Crippen molar-refractivity contribution in [3.8, 4) is 17.6 Å². The molecule has 0 N–H and O–H groups in total. The lowest BCUT2D eigenvalue weighted by Gasteiger charge is -2.16. The molecule has 0 amide bonds. The van der Waals surface area contributed by atoms with E-state index in [9.17, 15) is 4.39 Å². The van der Waals surface area contributed by atoms with Crippen LogP contribution >= 0.6 is 0 Å². The summed E-state index contributed by atoms with van der Waals surface area (Å²) in [6, 6.07) is 15.8. The van der Waals surface area contributed by atoms with Crippen LogP contribution in [-0.2, 0) is 19.9 Å². The zero-order valence-corrected chi connectivity index (χ0v) is 15.9. The highest BCUT2D eigenvalue weighted by Gasteiger charge is 2.15. The molecule has 0 aliphatic rings. The molecular formula is C23H18FN3O2. The standard InChI is InChI=1S/C23H18FN3O2/c1-16-23(29-14-18-3-7-20(26-2)8-4-18)22(11-24)19(13-27-16)15-28-21-9-5-17(12-25)6-10-21/h3-10,13H,11,14-15H2,1H3. The van der Waals surface area contributed by atoms with Crippen molar-refractivity contribution in [3.05, 3.63) is 94.1 Å². The van der Waals surface area contributed by atoms with E-state index in [0.717, 1.165) is 5.56 Å². The van der Waals surface area contributed by atoms with Gasteiger partial charge in [-0.2, -0.15) is 5.26 Å². The van der Waals surface area contributed by atoms with Crippen molar-refractivity contribution in [2.75, 3.05) is 0 Å². The topological polar surface area (TPSA) is 59.5 Å². The molecule has 2 aromatic carbocycles. The van der Waals surface area contributed by atoms with Gasteiger partial charge < -0.3 is 9.47 Å². The lowest BCUT2D eigenvalue weighted by Crippen LogP contribution is -2.07. The molecule has 0 fully saturated rings. The highest BCUT2D eigenvalue weighted by Crippen LogP contribution is 2.28. The molecule has 0 aliphatic carbocycles. The van der Waals surface area contributed by atoms with Gasteiger partial charge in [0, 0.05) is 17.3 Å². The third kappa shape index (κ3) is 4.88. The summed E-state index contributed by atoms with van der Waals surface area (Å²) >= 11 is 0. The Morgan fingerprint density at radius 1 is 1.07 bits per heavy atom. The number of alkyl halides is 1. The number of hydrogen-bond donors (Lipinski definition) is 0. The third-order valence-corrected chi connectivity index (χ3v) is 4.36. The SMILES string of the molecule is [C-]#[N+]c1ccc(COc2c(C)ncc(COc3ccc(C#N)cc3)c2CF)cc1. The van der Waals surface area contributed by atoms with Crippen molar-refractivity contribution < 1.29 is 13.9 Å². The van der Waals surface area contributed by atoms with Crippen LogP contribution in [0.2, 0.25) is 0 Å². The first-order chi connectivity index (χ1) is 14.1. The van der Waals surface area contributed by atoms with Gasteiger partial charge in [-0.3, -0.25) is 4.98 Å². The molecule has 144 valence electrons. The van der Waals surface area contributed by atoms with Crippen LogP contribution in [-0.4, -0.2) is 4.98 Å². The van der Waals surface area contributed by atoms with Crippen molar-refractivity contribution in [2.24, 2.45) is 0 Å². The molecule has 0 saturated heterocycles. The van der Waals surface area contributed by atoms with Gasteiger partial charge in [-0.1, -0.05) is 24.3 Å². The van der Waals surface area contributed by atoms with E-state index in [2.05, 4.69) is 9.83 Å². The maximum Gasteiger partial charge on any atom is 0.187 e. The van der Waals surface area contributed by atoms with E-state index >= 15 is 0 Å². The first kappa shape index (κ1) is 19.9. The predicted octanol–water partition coefficient (Wildman–Crippen LogP) is 5.44. The van der Waals surface area contributed by atoms with Gasteiger partial charge in [0.2, 0.25) is 0 Å². The Morgan fingerprint density at radius 3 is 2.41 bits per heavy atom. The van der Waals surface area contributed by atoms with Crippen molar-refractivity contribution in [1.29, 1.82) is 5.26 Å². The predicted molar refractivity (Wildman–Crippen MR) is 106 cm³/mol. The molecule has 0 aliphatic heterocycles. The van der Waals surface area contributed by atoms with Gasteiger partial charge in [0.05, 0.1) is 23.9 Å². The van der Waals surface area contributed by atoms with Gasteiger partial charge in [0.1, 0.15) is 31.4 Å². The molecule has 0 atom stereocenters. The summed E-state index contributed by atoms with van der Waals surface area (Å²) in [5, 5.41) is 8.85. The van der Waals surface area contributed by atoms with Crippen LogP contribution in [0.1, 0.15) is 27.9 Å². The van der Waals surface area contributed by atoms with Crippen LogP contribution in [0, 0.1) is 24.8 Å². The van der Waals surface area contributed by atoms with Gasteiger partial charge in [-0.15, -0.1) is 0 Å². The van der Waals surface area contributed by atoms with Gasteiger partial charge in [-0.25, -0.2) is 9.24 Å². The van der Waals surface area contributed by atoms with E-state index < -0.39 is 6.67 Å². The average molecular weight is 387 g/mol. The molecule has 3 aromatic rings. The average Bonchev–Trinajstić information content (AvgIpc) is 2.77. The summed E-state index contributed by atoms with van der Waals surface area (Å²) in [6.45, 7) is 8.43. The fourth-order valence-corrected chi connectivity index (χ4v) is 2.75. The highest BCUT2D eigenvalue weighted by atomic mass is 19.1. The summed E-state index contributed by atoms with van der Waals surface area (Å²) in [5.41, 5.74) is 3.57. The maximum atomic E-state index is 13.8. The van der Waals surface area contributed by atoms with E-state index in [-0.39, 0.29) is 13.2 Å². The van der Waals surface area contributed by atoms with Crippen LogP contribution in [0.25, 0.3) is 4.85 Å². The normalized spacial score (nSPS) is 10.1. The van der Waals surface area contributed by atoms with Crippen LogP contribution in [0.4, 0.5) is 10.1 Å². The Kier molecular flexibility index (Phi) is 6.40. The maximum absolute atomic E-state index is 13.8. The number of halogens is 1. The molecule has 0 saturated carbocycles. The molecule has 3 rings (SSSR count). The van der Waals surface area contributed by atoms with E-state index in [1.807, 2.05) is 18.2 Å². The molecular weight excluding hydrogens is 369 g/mol. The van der Waals surface area contributed by atoms with Crippen molar-refractivity contribution in [2.45, 2.75) is 26.8 Å². The van der Waals surface area contributed by atoms with Crippen molar-refractivity contribution in [1.82, 2.24) is 4.98 Å². The Balaban J connectivity index is 1.74. The summed E-state index contributed by atoms with van der Waals surface area (Å²) < 4.78 is 25.4. The largest absolute Gasteiger partial charge is 0.489 e.